The highest BCUT2D eigenvalue weighted by Crippen LogP contribution is 2.54. The molecule has 1 aliphatic carbocycles. The second-order valence-corrected chi connectivity index (χ2v) is 12.7. The second kappa shape index (κ2) is 11.7. The zero-order valence-corrected chi connectivity index (χ0v) is 25.3. The van der Waals surface area contributed by atoms with Crippen molar-refractivity contribution in [1.82, 2.24) is 0 Å². The number of benzene rings is 3. The minimum Gasteiger partial charge on any atom is -0.508 e. The summed E-state index contributed by atoms with van der Waals surface area (Å²) in [6.45, 7) is 7.13. The lowest BCUT2D eigenvalue weighted by Gasteiger charge is -2.38. The Kier molecular flexibility index (Phi) is 8.01. The van der Waals surface area contributed by atoms with Crippen LogP contribution in [0.1, 0.15) is 98.3 Å². The first-order valence-corrected chi connectivity index (χ1v) is 15.7. The Hall–Kier alpha value is -3.38. The van der Waals surface area contributed by atoms with E-state index in [1.54, 1.807) is 13.2 Å². The number of rotatable bonds is 8. The average molecular weight is 573 g/mol. The minimum absolute atomic E-state index is 0.131. The maximum Gasteiger partial charge on any atom is 0.164 e. The van der Waals surface area contributed by atoms with Crippen LogP contribution < -0.4 is 14.2 Å². The predicted octanol–water partition coefficient (Wildman–Crippen LogP) is 7.55. The van der Waals surface area contributed by atoms with Crippen LogP contribution in [0, 0.1) is 5.92 Å². The van der Waals surface area contributed by atoms with Gasteiger partial charge in [0.1, 0.15) is 17.2 Å². The number of phenolic OH excluding ortho intramolecular Hbond substituents is 2. The van der Waals surface area contributed by atoms with Crippen LogP contribution in [0.3, 0.4) is 0 Å². The summed E-state index contributed by atoms with van der Waals surface area (Å²) in [5, 5.41) is 33.0. The van der Waals surface area contributed by atoms with Gasteiger partial charge >= 0.3 is 0 Å². The van der Waals surface area contributed by atoms with Gasteiger partial charge in [-0.3, -0.25) is 0 Å². The van der Waals surface area contributed by atoms with E-state index in [9.17, 15) is 15.3 Å². The molecule has 0 aromatic heterocycles. The molecule has 42 heavy (non-hydrogen) atoms. The Morgan fingerprint density at radius 2 is 1.86 bits per heavy atom. The van der Waals surface area contributed by atoms with E-state index in [1.807, 2.05) is 18.2 Å². The normalized spacial score (nSPS) is 20.6. The third-order valence-electron chi connectivity index (χ3n) is 9.27. The molecule has 0 radical (unpaired) electrons. The number of ether oxygens (including phenoxy) is 3. The maximum absolute atomic E-state index is 11.7. The van der Waals surface area contributed by atoms with Crippen LogP contribution in [-0.4, -0.2) is 35.1 Å². The number of hydrogen-bond acceptors (Lipinski definition) is 6. The summed E-state index contributed by atoms with van der Waals surface area (Å²) in [4.78, 5) is 0. The summed E-state index contributed by atoms with van der Waals surface area (Å²) in [6, 6.07) is 9.63. The average Bonchev–Trinajstić information content (AvgIpc) is 2.97. The molecule has 3 aromatic rings. The molecule has 0 bridgehead atoms. The van der Waals surface area contributed by atoms with E-state index in [2.05, 4.69) is 26.8 Å². The zero-order chi connectivity index (χ0) is 29.5. The number of unbranched alkanes of at least 4 members (excludes halogenated alkanes) is 2. The summed E-state index contributed by atoms with van der Waals surface area (Å²) < 4.78 is 18.6. The molecule has 2 aliphatic heterocycles. The smallest absolute Gasteiger partial charge is 0.164 e. The Morgan fingerprint density at radius 1 is 1.02 bits per heavy atom. The van der Waals surface area contributed by atoms with Crippen LogP contribution >= 0.6 is 0 Å². The summed E-state index contributed by atoms with van der Waals surface area (Å²) >= 11 is 0. The fraction of sp³-hybridized carbons (Fsp3) is 0.500. The summed E-state index contributed by atoms with van der Waals surface area (Å²) in [7, 11) is 1.71. The summed E-state index contributed by atoms with van der Waals surface area (Å²) in [5.41, 5.74) is 8.37. The Bertz CT molecular complexity index is 1470. The monoisotopic (exact) mass is 572 g/mol. The molecule has 224 valence electrons. The molecule has 3 atom stereocenters. The molecule has 3 unspecified atom stereocenters. The highest BCUT2D eigenvalue weighted by molar-refractivity contribution is 5.83. The molecule has 0 saturated carbocycles. The van der Waals surface area contributed by atoms with Crippen molar-refractivity contribution in [2.24, 2.45) is 5.92 Å². The van der Waals surface area contributed by atoms with E-state index in [-0.39, 0.29) is 11.7 Å². The largest absolute Gasteiger partial charge is 0.508 e. The highest BCUT2D eigenvalue weighted by atomic mass is 16.5. The second-order valence-electron chi connectivity index (χ2n) is 12.7. The highest BCUT2D eigenvalue weighted by Gasteiger charge is 2.39. The van der Waals surface area contributed by atoms with Crippen molar-refractivity contribution in [3.05, 3.63) is 63.7 Å². The SMILES string of the molecule is CCCCCC1Cc2cc(O)c(CC(C)C)cc2-c2c(OC)cc3c(c21)CC(O)C(c1ccc(O)c2c1CCCO2)O3. The van der Waals surface area contributed by atoms with Gasteiger partial charge in [-0.05, 0) is 84.4 Å². The van der Waals surface area contributed by atoms with Gasteiger partial charge in [-0.2, -0.15) is 0 Å². The lowest BCUT2D eigenvalue weighted by molar-refractivity contribution is 0.0193. The number of phenols is 2. The van der Waals surface area contributed by atoms with Crippen molar-refractivity contribution in [3.8, 4) is 39.9 Å². The molecular weight excluding hydrogens is 528 g/mol. The molecule has 3 aromatic carbocycles. The lowest BCUT2D eigenvalue weighted by atomic mass is 9.72. The first-order valence-electron chi connectivity index (χ1n) is 15.7. The van der Waals surface area contributed by atoms with E-state index in [1.165, 1.54) is 12.0 Å². The van der Waals surface area contributed by atoms with Crippen molar-refractivity contribution in [2.75, 3.05) is 13.7 Å². The maximum atomic E-state index is 11.7. The van der Waals surface area contributed by atoms with Gasteiger partial charge in [-0.15, -0.1) is 0 Å². The van der Waals surface area contributed by atoms with Crippen LogP contribution in [0.5, 0.6) is 28.7 Å². The van der Waals surface area contributed by atoms with E-state index < -0.39 is 12.2 Å². The van der Waals surface area contributed by atoms with Gasteiger partial charge in [0, 0.05) is 34.7 Å². The van der Waals surface area contributed by atoms with Gasteiger partial charge < -0.3 is 29.5 Å². The van der Waals surface area contributed by atoms with Crippen LogP contribution in [-0.2, 0) is 25.7 Å². The quantitative estimate of drug-likeness (QED) is 0.242. The fourth-order valence-corrected chi connectivity index (χ4v) is 7.38. The number of methoxy groups -OCH3 is 1. The van der Waals surface area contributed by atoms with Crippen molar-refractivity contribution in [2.45, 2.75) is 96.7 Å². The number of fused-ring (bicyclic) bond motifs is 6. The van der Waals surface area contributed by atoms with Crippen LogP contribution in [0.2, 0.25) is 0 Å². The zero-order valence-electron chi connectivity index (χ0n) is 25.3. The predicted molar refractivity (Wildman–Crippen MR) is 164 cm³/mol. The van der Waals surface area contributed by atoms with Crippen LogP contribution in [0.4, 0.5) is 0 Å². The van der Waals surface area contributed by atoms with E-state index >= 15 is 0 Å². The molecule has 0 amide bonds. The van der Waals surface area contributed by atoms with Crippen LogP contribution in [0.25, 0.3) is 11.1 Å². The molecule has 0 spiro atoms. The first-order chi connectivity index (χ1) is 20.3. The van der Waals surface area contributed by atoms with E-state index in [4.69, 9.17) is 14.2 Å². The third kappa shape index (κ3) is 5.08. The number of aromatic hydroxyl groups is 2. The van der Waals surface area contributed by atoms with Gasteiger partial charge in [0.25, 0.3) is 0 Å². The molecule has 6 rings (SSSR count). The van der Waals surface area contributed by atoms with Gasteiger partial charge in [0.2, 0.25) is 0 Å². The molecular formula is C36H44O6. The lowest BCUT2D eigenvalue weighted by Crippen LogP contribution is -2.33. The van der Waals surface area contributed by atoms with E-state index in [0.717, 1.165) is 95.4 Å². The van der Waals surface area contributed by atoms with E-state index in [0.29, 0.717) is 30.4 Å². The Labute approximate surface area is 249 Å². The number of aliphatic hydroxyl groups is 1. The van der Waals surface area contributed by atoms with Crippen LogP contribution in [0.15, 0.2) is 30.3 Å². The van der Waals surface area contributed by atoms with Crippen molar-refractivity contribution < 1.29 is 29.5 Å². The molecule has 0 fully saturated rings. The molecule has 0 saturated heterocycles. The standard InChI is InChI=1S/C36H44O6/c1-5-6-7-9-21-15-22-17-29(38)23(14-20(2)3)16-26(22)34-32(40-4)19-31-27(33(21)34)18-30(39)36(42-31)25-11-12-28(37)35-24(25)10-8-13-41-35/h11-12,16-17,19-21,30,36-39H,5-10,13-15,18H2,1-4H3. The van der Waals surface area contributed by atoms with Gasteiger partial charge in [0.15, 0.2) is 17.6 Å². The van der Waals surface area contributed by atoms with Gasteiger partial charge in [-0.1, -0.05) is 46.1 Å². The Balaban J connectivity index is 1.49. The van der Waals surface area contributed by atoms with Crippen molar-refractivity contribution >= 4 is 0 Å². The third-order valence-corrected chi connectivity index (χ3v) is 9.27. The van der Waals surface area contributed by atoms with Gasteiger partial charge in [0.05, 0.1) is 19.8 Å². The van der Waals surface area contributed by atoms with Crippen molar-refractivity contribution in [3.63, 3.8) is 0 Å². The molecule has 2 heterocycles. The Morgan fingerprint density at radius 3 is 2.62 bits per heavy atom. The molecule has 3 N–H and O–H groups in total. The summed E-state index contributed by atoms with van der Waals surface area (Å²) in [6.07, 6.45) is 6.87. The molecule has 3 aliphatic rings. The fourth-order valence-electron chi connectivity index (χ4n) is 7.38. The van der Waals surface area contributed by atoms with Crippen molar-refractivity contribution in [1.29, 1.82) is 0 Å². The molecule has 6 heteroatoms. The first kappa shape index (κ1) is 28.7. The molecule has 6 nitrogen and oxygen atoms in total. The van der Waals surface area contributed by atoms with Gasteiger partial charge in [-0.25, -0.2) is 0 Å². The number of aliphatic hydroxyl groups excluding tert-OH is 1. The summed E-state index contributed by atoms with van der Waals surface area (Å²) in [5.74, 6) is 3.18. The topological polar surface area (TPSA) is 88.4 Å². The number of hydrogen-bond donors (Lipinski definition) is 3. The minimum atomic E-state index is -0.750.